The molecule has 2 aromatic carbocycles. The van der Waals surface area contributed by atoms with E-state index in [0.717, 1.165) is 12.5 Å². The Morgan fingerprint density at radius 1 is 0.943 bits per heavy atom. The van der Waals surface area contributed by atoms with Gasteiger partial charge in [0.05, 0.1) is 28.0 Å². The molecule has 3 fully saturated rings. The lowest BCUT2D eigenvalue weighted by Gasteiger charge is -2.37. The third kappa shape index (κ3) is 3.30. The number of nitrogens with zero attached hydrogens (tertiary/aromatic N) is 2. The first-order valence-corrected chi connectivity index (χ1v) is 11.5. The van der Waals surface area contributed by atoms with Crippen LogP contribution < -0.4 is 4.90 Å². The third-order valence-corrected chi connectivity index (χ3v) is 7.72. The zero-order chi connectivity index (χ0) is 24.4. The Labute approximate surface area is 199 Å². The predicted molar refractivity (Wildman–Crippen MR) is 121 cm³/mol. The number of Topliss-reactive ketones (excluding diaryl/α,β-unsaturated/α-hetero) is 1. The molecule has 1 saturated heterocycles. The van der Waals surface area contributed by atoms with Crippen molar-refractivity contribution in [3.05, 3.63) is 81.9 Å². The number of ether oxygens (including phenoxy) is 1. The molecule has 1 aliphatic heterocycles. The summed E-state index contributed by atoms with van der Waals surface area (Å²) >= 11 is 0. The largest absolute Gasteiger partial charge is 0.454 e. The summed E-state index contributed by atoms with van der Waals surface area (Å²) < 4.78 is 5.12. The molecular weight excluding hydrogens is 452 g/mol. The van der Waals surface area contributed by atoms with Gasteiger partial charge in [-0.1, -0.05) is 30.4 Å². The van der Waals surface area contributed by atoms with Gasteiger partial charge in [0.2, 0.25) is 17.6 Å². The van der Waals surface area contributed by atoms with Crippen LogP contribution in [0.25, 0.3) is 0 Å². The standard InChI is InChI=1S/C26H20N2O7/c29-21(13-3-1-6-16(9-13)28(33)34)12-35-26(32)14-4-2-5-15(10-14)27-24(30)22-17-7-8-18(20-11-19(17)20)23(22)25(27)31/h1-10,17-20,22-23H,11-12H2/t17-,18-,19-,20+,22+,23+/m0/s1. The average molecular weight is 472 g/mol. The molecule has 0 N–H and O–H groups in total. The summed E-state index contributed by atoms with van der Waals surface area (Å²) in [7, 11) is 0. The second kappa shape index (κ2) is 7.69. The maximum Gasteiger partial charge on any atom is 0.338 e. The number of allylic oxidation sites excluding steroid dienone is 2. The van der Waals surface area contributed by atoms with E-state index in [-0.39, 0.29) is 52.3 Å². The van der Waals surface area contributed by atoms with Gasteiger partial charge in [-0.2, -0.15) is 0 Å². The highest BCUT2D eigenvalue weighted by molar-refractivity contribution is 6.23. The van der Waals surface area contributed by atoms with Crippen molar-refractivity contribution in [2.24, 2.45) is 35.5 Å². The number of benzene rings is 2. The lowest BCUT2D eigenvalue weighted by atomic mass is 9.63. The van der Waals surface area contributed by atoms with Crippen LogP contribution in [0, 0.1) is 45.6 Å². The molecule has 9 nitrogen and oxygen atoms in total. The van der Waals surface area contributed by atoms with E-state index in [0.29, 0.717) is 17.5 Å². The number of carbonyl (C=O) groups is 4. The van der Waals surface area contributed by atoms with Gasteiger partial charge in [0.1, 0.15) is 0 Å². The lowest BCUT2D eigenvalue weighted by molar-refractivity contribution is -0.384. The molecule has 2 bridgehead atoms. The van der Waals surface area contributed by atoms with E-state index >= 15 is 0 Å². The Bertz CT molecular complexity index is 1310. The fourth-order valence-electron chi connectivity index (χ4n) is 6.07. The van der Waals surface area contributed by atoms with Crippen LogP contribution in [0.5, 0.6) is 0 Å². The second-order valence-corrected chi connectivity index (χ2v) is 9.52. The Hall–Kier alpha value is -4.14. The van der Waals surface area contributed by atoms with Gasteiger partial charge in [0.25, 0.3) is 5.69 Å². The summed E-state index contributed by atoms with van der Waals surface area (Å²) in [6, 6.07) is 11.2. The van der Waals surface area contributed by atoms with Gasteiger partial charge in [0, 0.05) is 17.7 Å². The monoisotopic (exact) mass is 472 g/mol. The molecule has 35 heavy (non-hydrogen) atoms. The summed E-state index contributed by atoms with van der Waals surface area (Å²) in [6.45, 7) is -0.603. The molecule has 0 unspecified atom stereocenters. The third-order valence-electron chi connectivity index (χ3n) is 7.72. The van der Waals surface area contributed by atoms with E-state index in [1.807, 2.05) is 0 Å². The fraction of sp³-hybridized carbons (Fsp3) is 0.308. The van der Waals surface area contributed by atoms with Crippen molar-refractivity contribution in [1.29, 1.82) is 0 Å². The van der Waals surface area contributed by atoms with Gasteiger partial charge >= 0.3 is 5.97 Å². The Morgan fingerprint density at radius 2 is 1.57 bits per heavy atom. The van der Waals surface area contributed by atoms with Crippen molar-refractivity contribution in [3.63, 3.8) is 0 Å². The molecule has 176 valence electrons. The number of carbonyl (C=O) groups excluding carboxylic acids is 4. The van der Waals surface area contributed by atoms with Crippen molar-refractivity contribution in [2.75, 3.05) is 11.5 Å². The summed E-state index contributed by atoms with van der Waals surface area (Å²) in [5, 5.41) is 10.9. The van der Waals surface area contributed by atoms with Crippen molar-refractivity contribution in [3.8, 4) is 0 Å². The molecule has 5 aliphatic rings. The van der Waals surface area contributed by atoms with Crippen LogP contribution in [-0.4, -0.2) is 35.1 Å². The number of anilines is 1. The zero-order valence-electron chi connectivity index (χ0n) is 18.4. The van der Waals surface area contributed by atoms with E-state index in [2.05, 4.69) is 12.2 Å². The topological polar surface area (TPSA) is 124 Å². The second-order valence-electron chi connectivity index (χ2n) is 9.52. The molecule has 0 radical (unpaired) electrons. The Kier molecular flexibility index (Phi) is 4.70. The van der Waals surface area contributed by atoms with Crippen LogP contribution in [0.15, 0.2) is 60.7 Å². The number of nitro benzene ring substituents is 1. The smallest absolute Gasteiger partial charge is 0.338 e. The van der Waals surface area contributed by atoms with Crippen LogP contribution in [0.4, 0.5) is 11.4 Å². The van der Waals surface area contributed by atoms with Gasteiger partial charge < -0.3 is 4.74 Å². The lowest BCUT2D eigenvalue weighted by Crippen LogP contribution is -2.40. The minimum Gasteiger partial charge on any atom is -0.454 e. The van der Waals surface area contributed by atoms with E-state index in [4.69, 9.17) is 4.74 Å². The summed E-state index contributed by atoms with van der Waals surface area (Å²) in [5.41, 5.74) is 0.213. The van der Waals surface area contributed by atoms with Gasteiger partial charge in [-0.15, -0.1) is 0 Å². The van der Waals surface area contributed by atoms with Crippen LogP contribution in [0.2, 0.25) is 0 Å². The molecule has 0 aromatic heterocycles. The molecule has 6 atom stereocenters. The number of esters is 1. The van der Waals surface area contributed by atoms with Crippen LogP contribution in [0.1, 0.15) is 27.1 Å². The first kappa shape index (κ1) is 21.4. The maximum absolute atomic E-state index is 13.3. The summed E-state index contributed by atoms with van der Waals surface area (Å²) in [6.07, 6.45) is 5.27. The van der Waals surface area contributed by atoms with Crippen molar-refractivity contribution < 1.29 is 28.8 Å². The van der Waals surface area contributed by atoms with Gasteiger partial charge in [-0.25, -0.2) is 9.69 Å². The number of rotatable bonds is 6. The van der Waals surface area contributed by atoms with E-state index in [1.54, 1.807) is 12.1 Å². The van der Waals surface area contributed by atoms with Crippen LogP contribution in [-0.2, 0) is 14.3 Å². The Balaban J connectivity index is 1.17. The first-order chi connectivity index (χ1) is 16.8. The molecule has 2 amide bonds. The molecule has 1 heterocycles. The molecular formula is C26H20N2O7. The van der Waals surface area contributed by atoms with Gasteiger partial charge in [-0.3, -0.25) is 24.5 Å². The van der Waals surface area contributed by atoms with Crippen LogP contribution in [0.3, 0.4) is 0 Å². The molecule has 0 spiro atoms. The number of imide groups is 1. The number of hydrogen-bond acceptors (Lipinski definition) is 7. The van der Waals surface area contributed by atoms with E-state index in [9.17, 15) is 29.3 Å². The minimum absolute atomic E-state index is 0.0536. The molecule has 2 aromatic rings. The normalized spacial score (nSPS) is 29.5. The quantitative estimate of drug-likeness (QED) is 0.158. The molecule has 2 saturated carbocycles. The number of hydrogen-bond donors (Lipinski definition) is 0. The molecule has 9 heteroatoms. The van der Waals surface area contributed by atoms with E-state index < -0.39 is 23.3 Å². The Morgan fingerprint density at radius 3 is 2.23 bits per heavy atom. The van der Waals surface area contributed by atoms with Crippen molar-refractivity contribution >= 4 is 34.9 Å². The van der Waals surface area contributed by atoms with Crippen molar-refractivity contribution in [2.45, 2.75) is 6.42 Å². The zero-order valence-corrected chi connectivity index (χ0v) is 18.4. The first-order valence-electron chi connectivity index (χ1n) is 11.5. The number of non-ortho nitro benzene ring substituents is 1. The highest BCUT2D eigenvalue weighted by Gasteiger charge is 2.67. The highest BCUT2D eigenvalue weighted by Crippen LogP contribution is 2.65. The van der Waals surface area contributed by atoms with Gasteiger partial charge in [-0.05, 0) is 48.3 Å². The maximum atomic E-state index is 13.3. The summed E-state index contributed by atoms with van der Waals surface area (Å²) in [4.78, 5) is 63.1. The predicted octanol–water partition coefficient (Wildman–Crippen LogP) is 3.19. The van der Waals surface area contributed by atoms with Gasteiger partial charge in [0.15, 0.2) is 6.61 Å². The number of ketones is 1. The SMILES string of the molecule is O=C(COC(=O)c1cccc(N2C(=O)[C@@H]3[C@H]4C=C[C@@H]([C@@H]5C[C@H]45)[C@H]3C2=O)c1)c1cccc([N+](=O)[O-])c1. The average Bonchev–Trinajstić information content (AvgIpc) is 3.65. The number of nitro groups is 1. The van der Waals surface area contributed by atoms with Crippen LogP contribution >= 0.6 is 0 Å². The minimum atomic E-state index is -0.801. The molecule has 4 aliphatic carbocycles. The van der Waals surface area contributed by atoms with E-state index in [1.165, 1.54) is 35.2 Å². The summed E-state index contributed by atoms with van der Waals surface area (Å²) in [5.74, 6) is -1.34. The fourth-order valence-corrected chi connectivity index (χ4v) is 6.07. The number of amides is 2. The highest BCUT2D eigenvalue weighted by atomic mass is 16.6. The van der Waals surface area contributed by atoms with Crippen molar-refractivity contribution in [1.82, 2.24) is 0 Å². The molecule has 7 rings (SSSR count).